The summed E-state index contributed by atoms with van der Waals surface area (Å²) in [6.07, 6.45) is 1.86. The Hall–Kier alpha value is -1.75. The summed E-state index contributed by atoms with van der Waals surface area (Å²) in [5, 5.41) is 26.4. The minimum absolute atomic E-state index is 0.129. The summed E-state index contributed by atoms with van der Waals surface area (Å²) in [5.74, 6) is -3.39. The van der Waals surface area contributed by atoms with Crippen LogP contribution in [0.1, 0.15) is 19.8 Å². The second-order valence-corrected chi connectivity index (χ2v) is 5.46. The molecule has 0 radical (unpaired) electrons. The zero-order valence-electron chi connectivity index (χ0n) is 11.9. The third-order valence-corrected chi connectivity index (χ3v) is 3.36. The topological polar surface area (TPSA) is 147 Å². The van der Waals surface area contributed by atoms with Crippen LogP contribution in [-0.2, 0) is 28.4 Å². The molecular formula is C12H18O9S. The van der Waals surface area contributed by atoms with Crippen LogP contribution in [0.15, 0.2) is 24.3 Å². The van der Waals surface area contributed by atoms with Gasteiger partial charge in [-0.15, -0.1) is 0 Å². The van der Waals surface area contributed by atoms with E-state index in [-0.39, 0.29) is 18.6 Å². The minimum Gasteiger partial charge on any atom is -0.481 e. The lowest BCUT2D eigenvalue weighted by Crippen LogP contribution is -2.46. The van der Waals surface area contributed by atoms with E-state index in [1.54, 1.807) is 0 Å². The minimum atomic E-state index is -4.78. The van der Waals surface area contributed by atoms with Crippen LogP contribution >= 0.6 is 0 Å². The molecule has 0 aliphatic rings. The fourth-order valence-corrected chi connectivity index (χ4v) is 2.25. The van der Waals surface area contributed by atoms with Crippen molar-refractivity contribution in [2.75, 3.05) is 13.2 Å². The van der Waals surface area contributed by atoms with E-state index in [2.05, 4.69) is 14.9 Å². The van der Waals surface area contributed by atoms with Crippen molar-refractivity contribution in [3.63, 3.8) is 0 Å². The number of hydrogen-bond acceptors (Lipinski definition) is 7. The maximum Gasteiger partial charge on any atom is 0.401 e. The largest absolute Gasteiger partial charge is 0.481 e. The highest BCUT2D eigenvalue weighted by atomic mass is 32.3. The van der Waals surface area contributed by atoms with Crippen molar-refractivity contribution in [3.8, 4) is 0 Å². The Kier molecular flexibility index (Phi) is 7.95. The lowest BCUT2D eigenvalue weighted by Gasteiger charge is -2.26. The normalized spacial score (nSPS) is 14.6. The molecule has 0 bridgehead atoms. The van der Waals surface area contributed by atoms with E-state index in [9.17, 15) is 18.0 Å². The number of rotatable bonds is 11. The zero-order chi connectivity index (χ0) is 17.4. The second-order valence-electron chi connectivity index (χ2n) is 4.24. The van der Waals surface area contributed by atoms with Gasteiger partial charge in [-0.2, -0.15) is 8.42 Å². The average molecular weight is 338 g/mol. The van der Waals surface area contributed by atoms with Crippen molar-refractivity contribution in [2.45, 2.75) is 25.4 Å². The van der Waals surface area contributed by atoms with E-state index in [1.807, 2.05) is 0 Å². The van der Waals surface area contributed by atoms with Gasteiger partial charge in [-0.1, -0.05) is 18.7 Å². The summed E-state index contributed by atoms with van der Waals surface area (Å²) in [6, 6.07) is 0. The Labute approximate surface area is 127 Å². The van der Waals surface area contributed by atoms with Crippen molar-refractivity contribution < 1.29 is 41.7 Å². The summed E-state index contributed by atoms with van der Waals surface area (Å²) >= 11 is 0. The van der Waals surface area contributed by atoms with Crippen molar-refractivity contribution in [2.24, 2.45) is 0 Å². The van der Waals surface area contributed by atoms with Gasteiger partial charge in [0.05, 0.1) is 13.0 Å². The van der Waals surface area contributed by atoms with Gasteiger partial charge in [0.25, 0.3) is 0 Å². The van der Waals surface area contributed by atoms with Gasteiger partial charge < -0.3 is 15.3 Å². The molecule has 0 heterocycles. The molecule has 126 valence electrons. The van der Waals surface area contributed by atoms with Gasteiger partial charge in [0.15, 0.2) is 0 Å². The lowest BCUT2D eigenvalue weighted by molar-refractivity contribution is -0.158. The maximum absolute atomic E-state index is 11.6. The van der Waals surface area contributed by atoms with Crippen LogP contribution in [0.3, 0.4) is 0 Å². The molecule has 0 aromatic heterocycles. The highest BCUT2D eigenvalue weighted by molar-refractivity contribution is 7.81. The van der Waals surface area contributed by atoms with Gasteiger partial charge in [0.1, 0.15) is 0 Å². The summed E-state index contributed by atoms with van der Waals surface area (Å²) in [4.78, 5) is 22.1. The molecule has 1 atom stereocenters. The Balaban J connectivity index is 5.17. The molecule has 22 heavy (non-hydrogen) atoms. The molecule has 0 spiro atoms. The van der Waals surface area contributed by atoms with E-state index in [1.165, 1.54) is 12.2 Å². The van der Waals surface area contributed by atoms with Gasteiger partial charge in [-0.05, 0) is 18.9 Å². The summed E-state index contributed by atoms with van der Waals surface area (Å²) in [6.45, 7) is 3.82. The van der Waals surface area contributed by atoms with Crippen molar-refractivity contribution in [3.05, 3.63) is 24.3 Å². The molecule has 0 rings (SSSR count). The third kappa shape index (κ3) is 6.35. The van der Waals surface area contributed by atoms with E-state index in [0.717, 1.165) is 6.92 Å². The van der Waals surface area contributed by atoms with Gasteiger partial charge >= 0.3 is 22.3 Å². The molecule has 0 aromatic rings. The van der Waals surface area contributed by atoms with Crippen LogP contribution in [0, 0.1) is 0 Å². The fourth-order valence-electron chi connectivity index (χ4n) is 1.34. The summed E-state index contributed by atoms with van der Waals surface area (Å²) in [7, 11) is -4.78. The van der Waals surface area contributed by atoms with Crippen LogP contribution in [0.2, 0.25) is 0 Å². The smallest absolute Gasteiger partial charge is 0.401 e. The maximum atomic E-state index is 11.6. The van der Waals surface area contributed by atoms with Gasteiger partial charge in [-0.25, -0.2) is 13.2 Å². The standard InChI is InChI=1S/C12H18O9S/c1-9(2)12(11(16)17,8-10(14)15)21-22(18,19)20-7-5-3-4-6-13/h3,5,13H,1,4,6-8H2,2H3,(H,14,15)(H,16,17). The Morgan fingerprint density at radius 3 is 2.27 bits per heavy atom. The highest BCUT2D eigenvalue weighted by Crippen LogP contribution is 2.28. The first-order valence-corrected chi connectivity index (χ1v) is 7.37. The predicted octanol–water partition coefficient (Wildman–Crippen LogP) is 0.0772. The monoisotopic (exact) mass is 338 g/mol. The number of carboxylic acids is 2. The molecule has 0 amide bonds. The number of aliphatic hydroxyl groups is 1. The molecule has 0 saturated carbocycles. The van der Waals surface area contributed by atoms with Crippen LogP contribution in [0.4, 0.5) is 0 Å². The van der Waals surface area contributed by atoms with E-state index >= 15 is 0 Å². The van der Waals surface area contributed by atoms with Crippen LogP contribution < -0.4 is 0 Å². The number of carboxylic acid groups (broad SMARTS) is 2. The van der Waals surface area contributed by atoms with E-state index in [0.29, 0.717) is 0 Å². The van der Waals surface area contributed by atoms with Gasteiger partial charge in [-0.3, -0.25) is 4.79 Å². The Bertz CT molecular complexity index is 533. The number of carbonyl (C=O) groups is 2. The molecular weight excluding hydrogens is 320 g/mol. The molecule has 3 N–H and O–H groups in total. The highest BCUT2D eigenvalue weighted by Gasteiger charge is 2.47. The van der Waals surface area contributed by atoms with Gasteiger partial charge in [0, 0.05) is 6.61 Å². The van der Waals surface area contributed by atoms with E-state index < -0.39 is 41.0 Å². The SMILES string of the molecule is C=C(C)C(CC(=O)O)(OS(=O)(=O)OCC=CCCO)C(=O)O. The number of aliphatic carboxylic acids is 2. The Morgan fingerprint density at radius 1 is 1.27 bits per heavy atom. The number of hydrogen-bond donors (Lipinski definition) is 3. The fraction of sp³-hybridized carbons (Fsp3) is 0.500. The van der Waals surface area contributed by atoms with Crippen LogP contribution in [-0.4, -0.2) is 54.5 Å². The molecule has 0 aromatic carbocycles. The van der Waals surface area contributed by atoms with E-state index in [4.69, 9.17) is 15.3 Å². The molecule has 1 unspecified atom stereocenters. The number of aliphatic hydroxyl groups excluding tert-OH is 1. The molecule has 0 aliphatic heterocycles. The molecule has 9 nitrogen and oxygen atoms in total. The van der Waals surface area contributed by atoms with Crippen molar-refractivity contribution in [1.82, 2.24) is 0 Å². The first kappa shape index (κ1) is 20.2. The Morgan fingerprint density at radius 2 is 1.86 bits per heavy atom. The first-order valence-electron chi connectivity index (χ1n) is 6.04. The molecule has 0 fully saturated rings. The average Bonchev–Trinajstić information content (AvgIpc) is 2.36. The van der Waals surface area contributed by atoms with Gasteiger partial charge in [0.2, 0.25) is 5.60 Å². The summed E-state index contributed by atoms with van der Waals surface area (Å²) < 4.78 is 32.1. The summed E-state index contributed by atoms with van der Waals surface area (Å²) in [5.41, 5.74) is -2.97. The third-order valence-electron chi connectivity index (χ3n) is 2.45. The lowest BCUT2D eigenvalue weighted by atomic mass is 9.92. The molecule has 0 aliphatic carbocycles. The van der Waals surface area contributed by atoms with Crippen LogP contribution in [0.5, 0.6) is 0 Å². The van der Waals surface area contributed by atoms with Crippen molar-refractivity contribution in [1.29, 1.82) is 0 Å². The van der Waals surface area contributed by atoms with Crippen LogP contribution in [0.25, 0.3) is 0 Å². The predicted molar refractivity (Wildman–Crippen MR) is 74.2 cm³/mol. The first-order chi connectivity index (χ1) is 10.1. The molecule has 10 heteroatoms. The molecule has 0 saturated heterocycles. The zero-order valence-corrected chi connectivity index (χ0v) is 12.7. The van der Waals surface area contributed by atoms with Crippen molar-refractivity contribution >= 4 is 22.3 Å². The second kappa shape index (κ2) is 8.63. The quantitative estimate of drug-likeness (QED) is 0.445.